The van der Waals surface area contributed by atoms with Gasteiger partial charge in [0.05, 0.1) is 6.54 Å². The van der Waals surface area contributed by atoms with Gasteiger partial charge in [0, 0.05) is 44.5 Å². The van der Waals surface area contributed by atoms with E-state index in [0.29, 0.717) is 0 Å². The Morgan fingerprint density at radius 2 is 2.21 bits per heavy atom. The quantitative estimate of drug-likeness (QED) is 0.883. The van der Waals surface area contributed by atoms with Crippen molar-refractivity contribution in [3.05, 3.63) is 17.6 Å². The SMILES string of the molecule is CNc1cc(C)nc(CN2CCN3CCCC3C2)n1. The Kier molecular flexibility index (Phi) is 3.66. The molecule has 0 radical (unpaired) electrons. The molecule has 1 atom stereocenters. The molecule has 3 heterocycles. The number of nitrogens with zero attached hydrogens (tertiary/aromatic N) is 4. The highest BCUT2D eigenvalue weighted by Crippen LogP contribution is 2.22. The van der Waals surface area contributed by atoms with Gasteiger partial charge >= 0.3 is 0 Å². The lowest BCUT2D eigenvalue weighted by molar-refractivity contribution is 0.0974. The molecule has 1 unspecified atom stereocenters. The number of aryl methyl sites for hydroxylation is 1. The Labute approximate surface area is 115 Å². The van der Waals surface area contributed by atoms with Crippen LogP contribution in [0.15, 0.2) is 6.07 Å². The highest BCUT2D eigenvalue weighted by molar-refractivity contribution is 5.34. The number of fused-ring (bicyclic) bond motifs is 1. The molecule has 5 heteroatoms. The summed E-state index contributed by atoms with van der Waals surface area (Å²) < 4.78 is 0. The van der Waals surface area contributed by atoms with Gasteiger partial charge in [0.15, 0.2) is 0 Å². The third-order valence-corrected chi connectivity index (χ3v) is 4.19. The van der Waals surface area contributed by atoms with Crippen LogP contribution in [0.25, 0.3) is 0 Å². The van der Waals surface area contributed by atoms with Crippen molar-refractivity contribution in [1.29, 1.82) is 0 Å². The van der Waals surface area contributed by atoms with E-state index in [1.165, 1.54) is 32.5 Å². The van der Waals surface area contributed by atoms with E-state index in [1.54, 1.807) is 0 Å². The molecule has 5 nitrogen and oxygen atoms in total. The van der Waals surface area contributed by atoms with E-state index in [2.05, 4.69) is 25.1 Å². The van der Waals surface area contributed by atoms with Crippen LogP contribution in [0.4, 0.5) is 5.82 Å². The Bertz CT molecular complexity index is 447. The molecule has 2 aliphatic rings. The molecule has 1 N–H and O–H groups in total. The second kappa shape index (κ2) is 5.43. The second-order valence-corrected chi connectivity index (χ2v) is 5.63. The Morgan fingerprint density at radius 3 is 3.05 bits per heavy atom. The standard InChI is InChI=1S/C14H23N5/c1-11-8-13(15-2)17-14(16-11)10-18-6-7-19-5-3-4-12(19)9-18/h8,12H,3-7,9-10H2,1-2H3,(H,15,16,17). The van der Waals surface area contributed by atoms with E-state index in [-0.39, 0.29) is 0 Å². The molecule has 2 fully saturated rings. The maximum absolute atomic E-state index is 4.56. The molecule has 0 bridgehead atoms. The van der Waals surface area contributed by atoms with Gasteiger partial charge in [-0.3, -0.25) is 9.80 Å². The number of rotatable bonds is 3. The zero-order valence-electron chi connectivity index (χ0n) is 11.9. The predicted molar refractivity (Wildman–Crippen MR) is 76.2 cm³/mol. The number of piperazine rings is 1. The molecular formula is C14H23N5. The summed E-state index contributed by atoms with van der Waals surface area (Å²) in [6.07, 6.45) is 2.72. The summed E-state index contributed by atoms with van der Waals surface area (Å²) in [5.74, 6) is 1.86. The molecule has 0 amide bonds. The molecule has 0 saturated carbocycles. The summed E-state index contributed by atoms with van der Waals surface area (Å²) in [5.41, 5.74) is 1.04. The molecule has 3 rings (SSSR count). The van der Waals surface area contributed by atoms with Crippen molar-refractivity contribution in [3.8, 4) is 0 Å². The van der Waals surface area contributed by atoms with Crippen molar-refractivity contribution in [2.45, 2.75) is 32.4 Å². The highest BCUT2D eigenvalue weighted by atomic mass is 15.3. The molecule has 2 aliphatic heterocycles. The third kappa shape index (κ3) is 2.87. The van der Waals surface area contributed by atoms with Crippen molar-refractivity contribution >= 4 is 5.82 Å². The van der Waals surface area contributed by atoms with Crippen LogP contribution in [0.5, 0.6) is 0 Å². The first kappa shape index (κ1) is 12.8. The summed E-state index contributed by atoms with van der Waals surface area (Å²) in [7, 11) is 1.91. The third-order valence-electron chi connectivity index (χ3n) is 4.19. The zero-order valence-corrected chi connectivity index (χ0v) is 11.9. The summed E-state index contributed by atoms with van der Waals surface area (Å²) >= 11 is 0. The van der Waals surface area contributed by atoms with Crippen LogP contribution in [-0.4, -0.2) is 59.0 Å². The number of nitrogens with one attached hydrogen (secondary N) is 1. The summed E-state index contributed by atoms with van der Waals surface area (Å²) in [6.45, 7) is 7.72. The van der Waals surface area contributed by atoms with Crippen LogP contribution in [0.2, 0.25) is 0 Å². The normalized spacial score (nSPS) is 24.4. The Balaban J connectivity index is 1.66. The molecule has 1 aromatic rings. The number of anilines is 1. The molecule has 19 heavy (non-hydrogen) atoms. The minimum atomic E-state index is 0.766. The van der Waals surface area contributed by atoms with Crippen LogP contribution < -0.4 is 5.32 Å². The molecular weight excluding hydrogens is 238 g/mol. The Morgan fingerprint density at radius 1 is 1.32 bits per heavy atom. The number of aromatic nitrogens is 2. The largest absolute Gasteiger partial charge is 0.373 e. The van der Waals surface area contributed by atoms with E-state index < -0.39 is 0 Å². The average molecular weight is 261 g/mol. The minimum absolute atomic E-state index is 0.766. The monoisotopic (exact) mass is 261 g/mol. The van der Waals surface area contributed by atoms with Gasteiger partial charge in [-0.05, 0) is 26.3 Å². The first-order valence-corrected chi connectivity index (χ1v) is 7.23. The van der Waals surface area contributed by atoms with Gasteiger partial charge in [0.25, 0.3) is 0 Å². The topological polar surface area (TPSA) is 44.3 Å². The minimum Gasteiger partial charge on any atom is -0.373 e. The second-order valence-electron chi connectivity index (χ2n) is 5.63. The molecule has 0 spiro atoms. The molecule has 2 saturated heterocycles. The number of hydrogen-bond donors (Lipinski definition) is 1. The van der Waals surface area contributed by atoms with Crippen molar-refractivity contribution in [2.75, 3.05) is 38.5 Å². The van der Waals surface area contributed by atoms with Crippen molar-refractivity contribution < 1.29 is 0 Å². The fraction of sp³-hybridized carbons (Fsp3) is 0.714. The van der Waals surface area contributed by atoms with Gasteiger partial charge in [-0.1, -0.05) is 0 Å². The zero-order chi connectivity index (χ0) is 13.2. The highest BCUT2D eigenvalue weighted by Gasteiger charge is 2.30. The van der Waals surface area contributed by atoms with E-state index in [0.717, 1.165) is 36.5 Å². The van der Waals surface area contributed by atoms with Crippen molar-refractivity contribution in [3.63, 3.8) is 0 Å². The van der Waals surface area contributed by atoms with Crippen LogP contribution in [0.1, 0.15) is 24.4 Å². The lowest BCUT2D eigenvalue weighted by Crippen LogP contribution is -2.49. The van der Waals surface area contributed by atoms with Gasteiger partial charge in [-0.25, -0.2) is 9.97 Å². The van der Waals surface area contributed by atoms with Gasteiger partial charge in [-0.2, -0.15) is 0 Å². The van der Waals surface area contributed by atoms with Crippen molar-refractivity contribution in [1.82, 2.24) is 19.8 Å². The average Bonchev–Trinajstić information content (AvgIpc) is 2.85. The summed E-state index contributed by atoms with van der Waals surface area (Å²) in [4.78, 5) is 14.2. The van der Waals surface area contributed by atoms with E-state index >= 15 is 0 Å². The molecule has 0 aliphatic carbocycles. The molecule has 104 valence electrons. The van der Waals surface area contributed by atoms with E-state index in [1.807, 2.05) is 20.0 Å². The van der Waals surface area contributed by atoms with Gasteiger partial charge < -0.3 is 5.32 Å². The molecule has 0 aromatic carbocycles. The first-order valence-electron chi connectivity index (χ1n) is 7.23. The van der Waals surface area contributed by atoms with E-state index in [9.17, 15) is 0 Å². The number of hydrogen-bond acceptors (Lipinski definition) is 5. The first-order chi connectivity index (χ1) is 9.24. The van der Waals surface area contributed by atoms with Crippen LogP contribution in [-0.2, 0) is 6.54 Å². The molecule has 1 aromatic heterocycles. The summed E-state index contributed by atoms with van der Waals surface area (Å²) in [6, 6.07) is 2.75. The van der Waals surface area contributed by atoms with Crippen LogP contribution in [0, 0.1) is 6.92 Å². The maximum atomic E-state index is 4.56. The lowest BCUT2D eigenvalue weighted by Gasteiger charge is -2.37. The fourth-order valence-corrected chi connectivity index (χ4v) is 3.23. The van der Waals surface area contributed by atoms with Gasteiger partial charge in [0.1, 0.15) is 11.6 Å². The Hall–Kier alpha value is -1.20. The maximum Gasteiger partial charge on any atom is 0.144 e. The fourth-order valence-electron chi connectivity index (χ4n) is 3.23. The predicted octanol–water partition coefficient (Wildman–Crippen LogP) is 1.11. The van der Waals surface area contributed by atoms with Crippen LogP contribution in [0.3, 0.4) is 0 Å². The lowest BCUT2D eigenvalue weighted by atomic mass is 10.1. The van der Waals surface area contributed by atoms with Gasteiger partial charge in [0.2, 0.25) is 0 Å². The van der Waals surface area contributed by atoms with Crippen LogP contribution >= 0.6 is 0 Å². The van der Waals surface area contributed by atoms with Gasteiger partial charge in [-0.15, -0.1) is 0 Å². The van der Waals surface area contributed by atoms with Crippen molar-refractivity contribution in [2.24, 2.45) is 0 Å². The van der Waals surface area contributed by atoms with E-state index in [4.69, 9.17) is 0 Å². The smallest absolute Gasteiger partial charge is 0.144 e. The summed E-state index contributed by atoms with van der Waals surface area (Å²) in [5, 5.41) is 3.10.